The summed E-state index contributed by atoms with van der Waals surface area (Å²) in [5, 5.41) is 0. The van der Waals surface area contributed by atoms with Gasteiger partial charge in [-0.05, 0) is 23.8 Å². The zero-order valence-electron chi connectivity index (χ0n) is 7.40. The van der Waals surface area contributed by atoms with Crippen LogP contribution in [0.1, 0.15) is 24.8 Å². The molecule has 0 amide bonds. The van der Waals surface area contributed by atoms with Gasteiger partial charge in [0.1, 0.15) is 0 Å². The largest absolute Gasteiger partial charge is 0.327 e. The van der Waals surface area contributed by atoms with Crippen LogP contribution in [0, 0.1) is 5.92 Å². The molecule has 1 aliphatic rings. The van der Waals surface area contributed by atoms with Crippen LogP contribution in [0.3, 0.4) is 0 Å². The predicted octanol–water partition coefficient (Wildman–Crippen LogP) is 2.14. The van der Waals surface area contributed by atoms with Gasteiger partial charge >= 0.3 is 0 Å². The highest BCUT2D eigenvalue weighted by atomic mass is 14.7. The molecule has 2 rings (SSSR count). The standard InChI is InChI=1S/C11H15N/c1-8-10(7-11(8)12)9-5-3-2-4-6-9/h2-6,8,10-11H,7,12H2,1H3/t8-,10-,11+/m0/s1. The molecule has 64 valence electrons. The van der Waals surface area contributed by atoms with E-state index in [0.717, 1.165) is 6.42 Å². The van der Waals surface area contributed by atoms with Crippen LogP contribution in [0.5, 0.6) is 0 Å². The molecule has 2 N–H and O–H groups in total. The Morgan fingerprint density at radius 3 is 2.42 bits per heavy atom. The van der Waals surface area contributed by atoms with Crippen molar-refractivity contribution < 1.29 is 0 Å². The second kappa shape index (κ2) is 2.91. The fourth-order valence-corrected chi connectivity index (χ4v) is 1.96. The summed E-state index contributed by atoms with van der Waals surface area (Å²) in [7, 11) is 0. The molecule has 1 aliphatic carbocycles. The van der Waals surface area contributed by atoms with Crippen LogP contribution in [0.25, 0.3) is 0 Å². The lowest BCUT2D eigenvalue weighted by Gasteiger charge is -2.40. The third-order valence-corrected chi connectivity index (χ3v) is 3.06. The molecule has 0 heterocycles. The maximum absolute atomic E-state index is 5.85. The summed E-state index contributed by atoms with van der Waals surface area (Å²) < 4.78 is 0. The van der Waals surface area contributed by atoms with Gasteiger partial charge < -0.3 is 5.73 Å². The maximum atomic E-state index is 5.85. The molecule has 1 heteroatoms. The normalized spacial score (nSPS) is 34.3. The van der Waals surface area contributed by atoms with Crippen molar-refractivity contribution in [3.63, 3.8) is 0 Å². The molecule has 1 nitrogen and oxygen atoms in total. The summed E-state index contributed by atoms with van der Waals surface area (Å²) in [4.78, 5) is 0. The average molecular weight is 161 g/mol. The van der Waals surface area contributed by atoms with Gasteiger partial charge in [0, 0.05) is 6.04 Å². The first-order valence-electron chi connectivity index (χ1n) is 4.59. The number of hydrogen-bond acceptors (Lipinski definition) is 1. The van der Waals surface area contributed by atoms with Gasteiger partial charge in [0.25, 0.3) is 0 Å². The molecular weight excluding hydrogens is 146 g/mol. The van der Waals surface area contributed by atoms with Crippen molar-refractivity contribution in [1.29, 1.82) is 0 Å². The van der Waals surface area contributed by atoms with Gasteiger partial charge in [-0.15, -0.1) is 0 Å². The van der Waals surface area contributed by atoms with E-state index in [4.69, 9.17) is 5.73 Å². The second-order valence-electron chi connectivity index (χ2n) is 3.78. The fraction of sp³-hybridized carbons (Fsp3) is 0.455. The lowest BCUT2D eigenvalue weighted by Crippen LogP contribution is -2.44. The van der Waals surface area contributed by atoms with Crippen molar-refractivity contribution >= 4 is 0 Å². The van der Waals surface area contributed by atoms with Crippen LogP contribution in [0.2, 0.25) is 0 Å². The lowest BCUT2D eigenvalue weighted by molar-refractivity contribution is 0.226. The van der Waals surface area contributed by atoms with E-state index in [-0.39, 0.29) is 0 Å². The van der Waals surface area contributed by atoms with E-state index < -0.39 is 0 Å². The quantitative estimate of drug-likeness (QED) is 0.671. The molecule has 0 unspecified atom stereocenters. The van der Waals surface area contributed by atoms with E-state index in [1.165, 1.54) is 5.56 Å². The monoisotopic (exact) mass is 161 g/mol. The zero-order chi connectivity index (χ0) is 8.55. The molecule has 1 fully saturated rings. The van der Waals surface area contributed by atoms with Gasteiger partial charge in [0.15, 0.2) is 0 Å². The molecule has 1 aromatic rings. The summed E-state index contributed by atoms with van der Waals surface area (Å²) >= 11 is 0. The zero-order valence-corrected chi connectivity index (χ0v) is 7.40. The van der Waals surface area contributed by atoms with Crippen LogP contribution < -0.4 is 5.73 Å². The Morgan fingerprint density at radius 2 is 1.92 bits per heavy atom. The van der Waals surface area contributed by atoms with E-state index in [0.29, 0.717) is 17.9 Å². The van der Waals surface area contributed by atoms with Crippen molar-refractivity contribution in [2.24, 2.45) is 11.7 Å². The van der Waals surface area contributed by atoms with Crippen molar-refractivity contribution in [1.82, 2.24) is 0 Å². The van der Waals surface area contributed by atoms with Crippen LogP contribution in [-0.2, 0) is 0 Å². The Labute approximate surface area is 73.6 Å². The smallest absolute Gasteiger partial charge is 0.00763 e. The van der Waals surface area contributed by atoms with Gasteiger partial charge in [-0.1, -0.05) is 37.3 Å². The van der Waals surface area contributed by atoms with Crippen LogP contribution in [-0.4, -0.2) is 6.04 Å². The number of rotatable bonds is 1. The summed E-state index contributed by atoms with van der Waals surface area (Å²) in [6.07, 6.45) is 1.16. The third-order valence-electron chi connectivity index (χ3n) is 3.06. The van der Waals surface area contributed by atoms with Crippen molar-refractivity contribution in [2.75, 3.05) is 0 Å². The minimum Gasteiger partial charge on any atom is -0.327 e. The topological polar surface area (TPSA) is 26.0 Å². The number of nitrogens with two attached hydrogens (primary N) is 1. The van der Waals surface area contributed by atoms with Crippen molar-refractivity contribution in [3.05, 3.63) is 35.9 Å². The summed E-state index contributed by atoms with van der Waals surface area (Å²) in [5.74, 6) is 1.37. The Hall–Kier alpha value is -0.820. The van der Waals surface area contributed by atoms with Gasteiger partial charge in [0.2, 0.25) is 0 Å². The SMILES string of the molecule is C[C@@H]1[C@H](N)C[C@@H]1c1ccccc1. The fourth-order valence-electron chi connectivity index (χ4n) is 1.96. The average Bonchev–Trinajstić information content (AvgIpc) is 2.15. The molecule has 1 aromatic carbocycles. The first kappa shape index (κ1) is 7.81. The summed E-state index contributed by atoms with van der Waals surface area (Å²) in [6, 6.07) is 11.1. The van der Waals surface area contributed by atoms with Gasteiger partial charge in [-0.3, -0.25) is 0 Å². The van der Waals surface area contributed by atoms with Gasteiger partial charge in [-0.25, -0.2) is 0 Å². The third kappa shape index (κ3) is 1.14. The second-order valence-corrected chi connectivity index (χ2v) is 3.78. The molecule has 0 bridgehead atoms. The highest BCUT2D eigenvalue weighted by Crippen LogP contribution is 2.40. The highest BCUT2D eigenvalue weighted by molar-refractivity contribution is 5.23. The summed E-state index contributed by atoms with van der Waals surface area (Å²) in [5.41, 5.74) is 7.30. The first-order valence-corrected chi connectivity index (χ1v) is 4.59. The molecule has 0 aromatic heterocycles. The number of benzene rings is 1. The molecule has 0 spiro atoms. The minimum atomic E-state index is 0.426. The molecule has 3 atom stereocenters. The number of hydrogen-bond donors (Lipinski definition) is 1. The van der Waals surface area contributed by atoms with E-state index in [1.54, 1.807) is 0 Å². The van der Waals surface area contributed by atoms with Gasteiger partial charge in [-0.2, -0.15) is 0 Å². The van der Waals surface area contributed by atoms with Crippen molar-refractivity contribution in [3.8, 4) is 0 Å². The van der Waals surface area contributed by atoms with E-state index in [9.17, 15) is 0 Å². The molecule has 0 aliphatic heterocycles. The Bertz CT molecular complexity index is 255. The Balaban J connectivity index is 2.13. The van der Waals surface area contributed by atoms with Crippen LogP contribution in [0.4, 0.5) is 0 Å². The first-order chi connectivity index (χ1) is 5.79. The Morgan fingerprint density at radius 1 is 1.25 bits per heavy atom. The van der Waals surface area contributed by atoms with E-state index in [2.05, 4.69) is 37.3 Å². The van der Waals surface area contributed by atoms with Crippen LogP contribution in [0.15, 0.2) is 30.3 Å². The van der Waals surface area contributed by atoms with Gasteiger partial charge in [0.05, 0.1) is 0 Å². The Kier molecular flexibility index (Phi) is 1.89. The van der Waals surface area contributed by atoms with Crippen LogP contribution >= 0.6 is 0 Å². The molecule has 0 radical (unpaired) electrons. The summed E-state index contributed by atoms with van der Waals surface area (Å²) in [6.45, 7) is 2.24. The predicted molar refractivity (Wildman–Crippen MR) is 50.9 cm³/mol. The maximum Gasteiger partial charge on any atom is 0.00763 e. The van der Waals surface area contributed by atoms with E-state index in [1.807, 2.05) is 0 Å². The molecular formula is C11H15N. The van der Waals surface area contributed by atoms with Crippen molar-refractivity contribution in [2.45, 2.75) is 25.3 Å². The molecule has 0 saturated heterocycles. The lowest BCUT2D eigenvalue weighted by atomic mass is 9.67. The highest BCUT2D eigenvalue weighted by Gasteiger charge is 2.35. The minimum absolute atomic E-state index is 0.426. The molecule has 12 heavy (non-hydrogen) atoms. The molecule has 1 saturated carbocycles. The van der Waals surface area contributed by atoms with E-state index >= 15 is 0 Å².